The summed E-state index contributed by atoms with van der Waals surface area (Å²) in [5, 5.41) is 11.2. The molecule has 100 valence electrons. The highest BCUT2D eigenvalue weighted by Crippen LogP contribution is 2.24. The second-order valence-corrected chi connectivity index (χ2v) is 5.33. The fourth-order valence-corrected chi connectivity index (χ4v) is 2.90. The number of carboxylic acid groups (broad SMARTS) is 1. The lowest BCUT2D eigenvalue weighted by Gasteiger charge is -2.07. The molecule has 0 spiro atoms. The van der Waals surface area contributed by atoms with E-state index in [2.05, 4.69) is 19.2 Å². The Morgan fingerprint density at radius 3 is 2.61 bits per heavy atom. The minimum Gasteiger partial charge on any atom is -0.480 e. The van der Waals surface area contributed by atoms with Crippen LogP contribution in [0.25, 0.3) is 0 Å². The molecule has 0 aliphatic carbocycles. The standard InChI is InChI=1S/C13H19NO3S/c1-4-6-10-9(5-2)7-11(18-10)12(15)14-8(3)13(16)17/h7-8H,4-6H2,1-3H3,(H,14,15)(H,16,17)/t8-/m0/s1. The van der Waals surface area contributed by atoms with Gasteiger partial charge in [0.1, 0.15) is 6.04 Å². The Kier molecular flexibility index (Phi) is 5.34. The number of carboxylic acids is 1. The van der Waals surface area contributed by atoms with Crippen LogP contribution in [0.5, 0.6) is 0 Å². The molecule has 0 unspecified atom stereocenters. The van der Waals surface area contributed by atoms with E-state index in [1.165, 1.54) is 28.7 Å². The molecule has 0 saturated heterocycles. The third kappa shape index (κ3) is 3.57. The van der Waals surface area contributed by atoms with Crippen molar-refractivity contribution in [2.45, 2.75) is 46.1 Å². The van der Waals surface area contributed by atoms with Crippen molar-refractivity contribution >= 4 is 23.2 Å². The summed E-state index contributed by atoms with van der Waals surface area (Å²) in [6, 6.07) is 1.01. The first-order chi connectivity index (χ1) is 8.49. The van der Waals surface area contributed by atoms with Gasteiger partial charge in [0.15, 0.2) is 0 Å². The van der Waals surface area contributed by atoms with E-state index in [0.29, 0.717) is 4.88 Å². The highest BCUT2D eigenvalue weighted by atomic mass is 32.1. The molecule has 4 nitrogen and oxygen atoms in total. The summed E-state index contributed by atoms with van der Waals surface area (Å²) in [5.41, 5.74) is 1.19. The predicted octanol–water partition coefficient (Wildman–Crippen LogP) is 2.47. The van der Waals surface area contributed by atoms with Crippen molar-refractivity contribution in [3.8, 4) is 0 Å². The minimum absolute atomic E-state index is 0.299. The first-order valence-corrected chi connectivity index (χ1v) is 6.96. The van der Waals surface area contributed by atoms with Crippen molar-refractivity contribution in [1.29, 1.82) is 0 Å². The van der Waals surface area contributed by atoms with Crippen LogP contribution in [0.1, 0.15) is 47.3 Å². The molecule has 1 atom stereocenters. The second-order valence-electron chi connectivity index (χ2n) is 4.20. The molecule has 18 heavy (non-hydrogen) atoms. The number of carbonyl (C=O) groups is 2. The van der Waals surface area contributed by atoms with E-state index in [0.717, 1.165) is 19.3 Å². The van der Waals surface area contributed by atoms with Crippen LogP contribution in [0.3, 0.4) is 0 Å². The number of amides is 1. The van der Waals surface area contributed by atoms with E-state index in [1.54, 1.807) is 0 Å². The lowest BCUT2D eigenvalue weighted by molar-refractivity contribution is -0.138. The van der Waals surface area contributed by atoms with Crippen molar-refractivity contribution in [3.05, 3.63) is 21.4 Å². The Labute approximate surface area is 111 Å². The monoisotopic (exact) mass is 269 g/mol. The smallest absolute Gasteiger partial charge is 0.325 e. The molecule has 2 N–H and O–H groups in total. The zero-order valence-electron chi connectivity index (χ0n) is 10.9. The number of hydrogen-bond donors (Lipinski definition) is 2. The number of carbonyl (C=O) groups excluding carboxylic acids is 1. The van der Waals surface area contributed by atoms with Crippen molar-refractivity contribution < 1.29 is 14.7 Å². The maximum absolute atomic E-state index is 11.9. The fourth-order valence-electron chi connectivity index (χ4n) is 1.65. The van der Waals surface area contributed by atoms with E-state index < -0.39 is 12.0 Å². The Balaban J connectivity index is 2.83. The van der Waals surface area contributed by atoms with Gasteiger partial charge in [0.2, 0.25) is 0 Å². The molecule has 1 aromatic heterocycles. The van der Waals surface area contributed by atoms with Crippen LogP contribution in [0.4, 0.5) is 0 Å². The molecule has 0 fully saturated rings. The van der Waals surface area contributed by atoms with Crippen LogP contribution in [-0.2, 0) is 17.6 Å². The van der Waals surface area contributed by atoms with Gasteiger partial charge in [-0.2, -0.15) is 0 Å². The van der Waals surface area contributed by atoms with Crippen LogP contribution in [0.2, 0.25) is 0 Å². The predicted molar refractivity (Wildman–Crippen MR) is 72.3 cm³/mol. The maximum Gasteiger partial charge on any atom is 0.325 e. The third-order valence-electron chi connectivity index (χ3n) is 2.70. The zero-order chi connectivity index (χ0) is 13.7. The van der Waals surface area contributed by atoms with Crippen LogP contribution >= 0.6 is 11.3 Å². The molecule has 1 heterocycles. The highest BCUT2D eigenvalue weighted by Gasteiger charge is 2.18. The highest BCUT2D eigenvalue weighted by molar-refractivity contribution is 7.14. The average Bonchev–Trinajstić information content (AvgIpc) is 2.72. The number of rotatable bonds is 6. The fraction of sp³-hybridized carbons (Fsp3) is 0.538. The molecule has 1 amide bonds. The van der Waals surface area contributed by atoms with Crippen LogP contribution in [0, 0.1) is 0 Å². The molecule has 1 aromatic rings. The second kappa shape index (κ2) is 6.54. The van der Waals surface area contributed by atoms with Gasteiger partial charge in [-0.15, -0.1) is 11.3 Å². The molecule has 0 aromatic carbocycles. The van der Waals surface area contributed by atoms with Crippen molar-refractivity contribution in [3.63, 3.8) is 0 Å². The van der Waals surface area contributed by atoms with Crippen molar-refractivity contribution in [2.24, 2.45) is 0 Å². The van der Waals surface area contributed by atoms with E-state index >= 15 is 0 Å². The number of aryl methyl sites for hydroxylation is 2. The summed E-state index contributed by atoms with van der Waals surface area (Å²) in [7, 11) is 0. The first-order valence-electron chi connectivity index (χ1n) is 6.14. The number of thiophene rings is 1. The topological polar surface area (TPSA) is 66.4 Å². The lowest BCUT2D eigenvalue weighted by atomic mass is 10.1. The molecule has 0 saturated carbocycles. The molecule has 0 aliphatic rings. The largest absolute Gasteiger partial charge is 0.480 e. The van der Waals surface area contributed by atoms with Gasteiger partial charge >= 0.3 is 5.97 Å². The molecule has 0 aliphatic heterocycles. The summed E-state index contributed by atoms with van der Waals surface area (Å²) in [6.07, 6.45) is 2.91. The summed E-state index contributed by atoms with van der Waals surface area (Å²) < 4.78 is 0. The van der Waals surface area contributed by atoms with Gasteiger partial charge in [0.05, 0.1) is 4.88 Å². The SMILES string of the molecule is CCCc1sc(C(=O)N[C@@H](C)C(=O)O)cc1CC. The van der Waals surface area contributed by atoms with Gasteiger partial charge in [-0.3, -0.25) is 9.59 Å². The summed E-state index contributed by atoms with van der Waals surface area (Å²) in [4.78, 5) is 24.4. The van der Waals surface area contributed by atoms with Crippen LogP contribution in [-0.4, -0.2) is 23.0 Å². The summed E-state index contributed by atoms with van der Waals surface area (Å²) >= 11 is 1.47. The van der Waals surface area contributed by atoms with Gasteiger partial charge in [-0.25, -0.2) is 0 Å². The van der Waals surface area contributed by atoms with E-state index in [9.17, 15) is 9.59 Å². The van der Waals surface area contributed by atoms with E-state index in [-0.39, 0.29) is 5.91 Å². The van der Waals surface area contributed by atoms with Crippen LogP contribution in [0.15, 0.2) is 6.07 Å². The molecule has 0 bridgehead atoms. The zero-order valence-corrected chi connectivity index (χ0v) is 11.8. The van der Waals surface area contributed by atoms with Gasteiger partial charge in [-0.05, 0) is 31.4 Å². The Hall–Kier alpha value is -1.36. The quantitative estimate of drug-likeness (QED) is 0.833. The summed E-state index contributed by atoms with van der Waals surface area (Å²) in [5.74, 6) is -1.32. The Morgan fingerprint density at radius 2 is 2.11 bits per heavy atom. The lowest BCUT2D eigenvalue weighted by Crippen LogP contribution is -2.37. The molecular formula is C13H19NO3S. The average molecular weight is 269 g/mol. The first kappa shape index (κ1) is 14.7. The Morgan fingerprint density at radius 1 is 1.44 bits per heavy atom. The normalized spacial score (nSPS) is 12.2. The Bertz CT molecular complexity index is 439. The van der Waals surface area contributed by atoms with Crippen molar-refractivity contribution in [1.82, 2.24) is 5.32 Å². The molecule has 1 rings (SSSR count). The van der Waals surface area contributed by atoms with Crippen LogP contribution < -0.4 is 5.32 Å². The maximum atomic E-state index is 11.9. The number of aliphatic carboxylic acids is 1. The third-order valence-corrected chi connectivity index (χ3v) is 3.93. The van der Waals surface area contributed by atoms with Crippen molar-refractivity contribution in [2.75, 3.05) is 0 Å². The van der Waals surface area contributed by atoms with Gasteiger partial charge in [-0.1, -0.05) is 20.3 Å². The molecule has 5 heteroatoms. The van der Waals surface area contributed by atoms with E-state index in [4.69, 9.17) is 5.11 Å². The number of nitrogens with one attached hydrogen (secondary N) is 1. The van der Waals surface area contributed by atoms with Gasteiger partial charge < -0.3 is 10.4 Å². The molecule has 0 radical (unpaired) electrons. The van der Waals surface area contributed by atoms with Gasteiger partial charge in [0.25, 0.3) is 5.91 Å². The minimum atomic E-state index is -1.02. The number of hydrogen-bond acceptors (Lipinski definition) is 3. The molecular weight excluding hydrogens is 250 g/mol. The van der Waals surface area contributed by atoms with Gasteiger partial charge in [0, 0.05) is 4.88 Å². The summed E-state index contributed by atoms with van der Waals surface area (Å²) in [6.45, 7) is 5.62. The van der Waals surface area contributed by atoms with E-state index in [1.807, 2.05) is 6.07 Å².